The molecule has 6 nitrogen and oxygen atoms in total. The molecule has 1 saturated heterocycles. The van der Waals surface area contributed by atoms with Crippen molar-refractivity contribution in [1.29, 1.82) is 0 Å². The minimum absolute atomic E-state index is 0.0674. The van der Waals surface area contributed by atoms with Crippen LogP contribution in [0.25, 0.3) is 0 Å². The van der Waals surface area contributed by atoms with Gasteiger partial charge < -0.3 is 19.9 Å². The molecule has 0 unspecified atom stereocenters. The van der Waals surface area contributed by atoms with E-state index in [-0.39, 0.29) is 11.8 Å². The van der Waals surface area contributed by atoms with Gasteiger partial charge in [0.25, 0.3) is 0 Å². The molecule has 3 heterocycles. The summed E-state index contributed by atoms with van der Waals surface area (Å²) in [6.45, 7) is 4.91. The quantitative estimate of drug-likeness (QED) is 0.767. The number of benzene rings is 2. The van der Waals surface area contributed by atoms with Crippen LogP contribution in [0.4, 0.5) is 11.4 Å². The van der Waals surface area contributed by atoms with Crippen molar-refractivity contribution in [2.45, 2.75) is 38.0 Å². The highest BCUT2D eigenvalue weighted by Crippen LogP contribution is 2.47. The van der Waals surface area contributed by atoms with Crippen molar-refractivity contribution in [3.63, 3.8) is 0 Å². The van der Waals surface area contributed by atoms with Crippen molar-refractivity contribution in [3.05, 3.63) is 52.5 Å². The van der Waals surface area contributed by atoms with E-state index in [4.69, 9.17) is 16.3 Å². The van der Waals surface area contributed by atoms with Gasteiger partial charge in [-0.15, -0.1) is 0 Å². The van der Waals surface area contributed by atoms with E-state index < -0.39 is 5.41 Å². The first kappa shape index (κ1) is 21.3. The lowest BCUT2D eigenvalue weighted by Crippen LogP contribution is -2.48. The van der Waals surface area contributed by atoms with E-state index in [1.165, 1.54) is 0 Å². The standard InChI is InChI=1S/C25H28ClN3O3/c1-17(30)28-12-2-3-18-15-20(5-7-22(18)28)32-14-13-29-23-6-4-19(26)16-21(23)25(24(29)31)8-10-27-11-9-25/h4-7,15-16,27H,2-3,8-14H2,1H3. The lowest BCUT2D eigenvalue weighted by atomic mass is 9.74. The maximum Gasteiger partial charge on any atom is 0.237 e. The zero-order valence-electron chi connectivity index (χ0n) is 18.3. The predicted octanol–water partition coefficient (Wildman–Crippen LogP) is 3.69. The number of rotatable bonds is 4. The Hall–Kier alpha value is -2.57. The molecule has 1 fully saturated rings. The highest BCUT2D eigenvalue weighted by atomic mass is 35.5. The molecule has 0 aromatic heterocycles. The number of halogens is 1. The van der Waals surface area contributed by atoms with Crippen LogP contribution in [-0.4, -0.2) is 44.6 Å². The Kier molecular flexibility index (Phi) is 5.59. The van der Waals surface area contributed by atoms with Crippen LogP contribution in [0.2, 0.25) is 5.02 Å². The van der Waals surface area contributed by atoms with Crippen LogP contribution in [0.1, 0.15) is 37.3 Å². The largest absolute Gasteiger partial charge is 0.492 e. The first-order valence-corrected chi connectivity index (χ1v) is 11.7. The monoisotopic (exact) mass is 453 g/mol. The summed E-state index contributed by atoms with van der Waals surface area (Å²) in [7, 11) is 0. The summed E-state index contributed by atoms with van der Waals surface area (Å²) >= 11 is 6.30. The van der Waals surface area contributed by atoms with Gasteiger partial charge in [-0.3, -0.25) is 9.59 Å². The maximum absolute atomic E-state index is 13.5. The number of hydrogen-bond acceptors (Lipinski definition) is 4. The number of ether oxygens (including phenoxy) is 1. The Morgan fingerprint density at radius 3 is 2.72 bits per heavy atom. The molecule has 168 valence electrons. The first-order valence-electron chi connectivity index (χ1n) is 11.4. The molecule has 7 heteroatoms. The van der Waals surface area contributed by atoms with Gasteiger partial charge in [0, 0.05) is 29.9 Å². The number of carbonyl (C=O) groups is 2. The summed E-state index contributed by atoms with van der Waals surface area (Å²) in [6, 6.07) is 11.7. The number of nitrogens with one attached hydrogen (secondary N) is 1. The van der Waals surface area contributed by atoms with E-state index in [0.717, 1.165) is 73.6 Å². The number of carbonyl (C=O) groups excluding carboxylic acids is 2. The number of aryl methyl sites for hydroxylation is 1. The van der Waals surface area contributed by atoms with Crippen molar-refractivity contribution in [3.8, 4) is 5.75 Å². The Bertz CT molecular complexity index is 1060. The minimum atomic E-state index is -0.479. The van der Waals surface area contributed by atoms with Gasteiger partial charge in [0.1, 0.15) is 12.4 Å². The van der Waals surface area contributed by atoms with E-state index in [1.54, 1.807) is 6.92 Å². The van der Waals surface area contributed by atoms with Gasteiger partial charge in [-0.2, -0.15) is 0 Å². The summed E-state index contributed by atoms with van der Waals surface area (Å²) in [5.74, 6) is 0.994. The van der Waals surface area contributed by atoms with Gasteiger partial charge in [-0.05, 0) is 86.3 Å². The number of hydrogen-bond donors (Lipinski definition) is 1. The van der Waals surface area contributed by atoms with Gasteiger partial charge in [0.05, 0.1) is 12.0 Å². The molecule has 3 aliphatic heterocycles. The Labute approximate surface area is 193 Å². The average Bonchev–Trinajstić information content (AvgIpc) is 3.01. The second-order valence-electron chi connectivity index (χ2n) is 8.86. The molecule has 0 atom stereocenters. The van der Waals surface area contributed by atoms with Crippen LogP contribution in [-0.2, 0) is 21.4 Å². The molecule has 3 aliphatic rings. The third kappa shape index (κ3) is 3.55. The SMILES string of the molecule is CC(=O)N1CCCc2cc(OCCN3C(=O)C4(CCNCC4)c4cc(Cl)ccc43)ccc21. The van der Waals surface area contributed by atoms with E-state index in [9.17, 15) is 9.59 Å². The number of fused-ring (bicyclic) bond motifs is 3. The molecule has 2 amide bonds. The number of amides is 2. The van der Waals surface area contributed by atoms with Crippen molar-refractivity contribution < 1.29 is 14.3 Å². The molecule has 1 N–H and O–H groups in total. The molecule has 2 aromatic rings. The summed E-state index contributed by atoms with van der Waals surface area (Å²) in [5.41, 5.74) is 3.63. The van der Waals surface area contributed by atoms with Crippen LogP contribution >= 0.6 is 11.6 Å². The van der Waals surface area contributed by atoms with Crippen molar-refractivity contribution in [2.75, 3.05) is 42.6 Å². The predicted molar refractivity (Wildman–Crippen MR) is 126 cm³/mol. The van der Waals surface area contributed by atoms with E-state index in [1.807, 2.05) is 46.2 Å². The molecule has 2 aromatic carbocycles. The topological polar surface area (TPSA) is 61.9 Å². The van der Waals surface area contributed by atoms with Crippen molar-refractivity contribution in [1.82, 2.24) is 5.32 Å². The molecule has 32 heavy (non-hydrogen) atoms. The molecule has 0 saturated carbocycles. The molecule has 0 radical (unpaired) electrons. The van der Waals surface area contributed by atoms with E-state index in [0.29, 0.717) is 18.2 Å². The van der Waals surface area contributed by atoms with Gasteiger partial charge in [0.2, 0.25) is 11.8 Å². The zero-order chi connectivity index (χ0) is 22.3. The van der Waals surface area contributed by atoms with Crippen LogP contribution < -0.4 is 19.9 Å². The van der Waals surface area contributed by atoms with Gasteiger partial charge >= 0.3 is 0 Å². The highest BCUT2D eigenvalue weighted by molar-refractivity contribution is 6.31. The molecule has 1 spiro atoms. The number of anilines is 2. The summed E-state index contributed by atoms with van der Waals surface area (Å²) in [4.78, 5) is 29.1. The van der Waals surface area contributed by atoms with E-state index >= 15 is 0 Å². The lowest BCUT2D eigenvalue weighted by Gasteiger charge is -2.33. The second kappa shape index (κ2) is 8.41. The summed E-state index contributed by atoms with van der Waals surface area (Å²) in [6.07, 6.45) is 3.46. The Morgan fingerprint density at radius 2 is 1.94 bits per heavy atom. The van der Waals surface area contributed by atoms with E-state index in [2.05, 4.69) is 5.32 Å². The normalized spacial score (nSPS) is 19.1. The third-order valence-electron chi connectivity index (χ3n) is 7.01. The molecular formula is C25H28ClN3O3. The van der Waals surface area contributed by atoms with Gasteiger partial charge in [-0.25, -0.2) is 0 Å². The maximum atomic E-state index is 13.5. The van der Waals surface area contributed by atoms with Crippen LogP contribution in [0, 0.1) is 0 Å². The molecule has 0 aliphatic carbocycles. The fourth-order valence-electron chi connectivity index (χ4n) is 5.41. The van der Waals surface area contributed by atoms with Crippen molar-refractivity contribution in [2.24, 2.45) is 0 Å². The summed E-state index contributed by atoms with van der Waals surface area (Å²) in [5, 5.41) is 4.03. The Balaban J connectivity index is 1.32. The third-order valence-corrected chi connectivity index (χ3v) is 7.25. The zero-order valence-corrected chi connectivity index (χ0v) is 19.1. The van der Waals surface area contributed by atoms with Gasteiger partial charge in [0.15, 0.2) is 0 Å². The summed E-state index contributed by atoms with van der Waals surface area (Å²) < 4.78 is 6.06. The average molecular weight is 454 g/mol. The molecule has 5 rings (SSSR count). The van der Waals surface area contributed by atoms with Gasteiger partial charge in [-0.1, -0.05) is 11.6 Å². The second-order valence-corrected chi connectivity index (χ2v) is 9.30. The number of piperidine rings is 1. The minimum Gasteiger partial charge on any atom is -0.492 e. The van der Waals surface area contributed by atoms with Crippen LogP contribution in [0.3, 0.4) is 0 Å². The smallest absolute Gasteiger partial charge is 0.237 e. The fourth-order valence-corrected chi connectivity index (χ4v) is 5.59. The van der Waals surface area contributed by atoms with Crippen molar-refractivity contribution >= 4 is 34.8 Å². The number of nitrogens with zero attached hydrogens (tertiary/aromatic N) is 2. The van der Waals surface area contributed by atoms with Crippen LogP contribution in [0.5, 0.6) is 5.75 Å². The lowest BCUT2D eigenvalue weighted by molar-refractivity contribution is -0.124. The Morgan fingerprint density at radius 1 is 1.16 bits per heavy atom. The first-order chi connectivity index (χ1) is 15.5. The van der Waals surface area contributed by atoms with Crippen LogP contribution in [0.15, 0.2) is 36.4 Å². The highest BCUT2D eigenvalue weighted by Gasteiger charge is 2.51. The molecular weight excluding hydrogens is 426 g/mol. The molecule has 0 bridgehead atoms. The fraction of sp³-hybridized carbons (Fsp3) is 0.440.